The average Bonchev–Trinajstić information content (AvgIpc) is 2.74. The second-order valence-corrected chi connectivity index (χ2v) is 4.75. The molecule has 0 bridgehead atoms. The van der Waals surface area contributed by atoms with Gasteiger partial charge in [0.05, 0.1) is 18.3 Å². The zero-order chi connectivity index (χ0) is 12.8. The summed E-state index contributed by atoms with van der Waals surface area (Å²) in [6.07, 6.45) is 5.31. The van der Waals surface area contributed by atoms with Crippen molar-refractivity contribution in [2.24, 2.45) is 5.92 Å². The van der Waals surface area contributed by atoms with Crippen LogP contribution in [0.4, 0.5) is 0 Å². The van der Waals surface area contributed by atoms with E-state index in [0.29, 0.717) is 5.92 Å². The molecule has 4 heteroatoms. The molecule has 17 heavy (non-hydrogen) atoms. The highest BCUT2D eigenvalue weighted by Gasteiger charge is 2.25. The first kappa shape index (κ1) is 14.2. The number of aryl methyl sites for hydroxylation is 1. The Labute approximate surface area is 104 Å². The minimum atomic E-state index is 0.166. The maximum atomic E-state index is 5.59. The molecule has 1 aromatic rings. The van der Waals surface area contributed by atoms with E-state index in [1.54, 1.807) is 7.11 Å². The van der Waals surface area contributed by atoms with Crippen LogP contribution in [0.5, 0.6) is 0 Å². The van der Waals surface area contributed by atoms with Gasteiger partial charge in [0.15, 0.2) is 0 Å². The zero-order valence-electron chi connectivity index (χ0n) is 11.6. The van der Waals surface area contributed by atoms with Crippen LogP contribution in [0.3, 0.4) is 0 Å². The lowest BCUT2D eigenvalue weighted by molar-refractivity contribution is 0.0348. The fourth-order valence-corrected chi connectivity index (χ4v) is 2.21. The molecule has 2 unspecified atom stereocenters. The minimum Gasteiger partial charge on any atom is -0.379 e. The first-order valence-electron chi connectivity index (χ1n) is 6.36. The molecule has 0 aliphatic carbocycles. The summed E-state index contributed by atoms with van der Waals surface area (Å²) in [5.41, 5.74) is 1.20. The third-order valence-corrected chi connectivity index (χ3v) is 3.03. The number of hydrogen-bond donors (Lipinski definition) is 1. The standard InChI is InChI=1S/C13H25N3O/c1-6-7-16-9-11(8-15-16)12(14-4)13(17-5)10(2)3/h8-10,12-14H,6-7H2,1-5H3. The molecule has 0 amide bonds. The topological polar surface area (TPSA) is 39.1 Å². The van der Waals surface area contributed by atoms with E-state index < -0.39 is 0 Å². The van der Waals surface area contributed by atoms with Crippen molar-refractivity contribution in [3.05, 3.63) is 18.0 Å². The van der Waals surface area contributed by atoms with Crippen molar-refractivity contribution in [3.8, 4) is 0 Å². The minimum absolute atomic E-state index is 0.166. The van der Waals surface area contributed by atoms with Crippen molar-refractivity contribution < 1.29 is 4.74 Å². The summed E-state index contributed by atoms with van der Waals surface area (Å²) in [5.74, 6) is 0.465. The third-order valence-electron chi connectivity index (χ3n) is 3.03. The Morgan fingerprint density at radius 2 is 2.18 bits per heavy atom. The van der Waals surface area contributed by atoms with Gasteiger partial charge in [0.1, 0.15) is 0 Å². The van der Waals surface area contributed by atoms with E-state index in [2.05, 4.69) is 37.4 Å². The van der Waals surface area contributed by atoms with Crippen molar-refractivity contribution in [2.75, 3.05) is 14.2 Å². The summed E-state index contributed by atoms with van der Waals surface area (Å²) in [6, 6.07) is 0.200. The van der Waals surface area contributed by atoms with Gasteiger partial charge in [0.25, 0.3) is 0 Å². The van der Waals surface area contributed by atoms with E-state index in [4.69, 9.17) is 4.74 Å². The molecule has 0 radical (unpaired) electrons. The normalized spacial score (nSPS) is 15.2. The second kappa shape index (κ2) is 6.77. The summed E-state index contributed by atoms with van der Waals surface area (Å²) in [5, 5.41) is 7.70. The average molecular weight is 239 g/mol. The molecule has 0 saturated carbocycles. The molecule has 0 fully saturated rings. The smallest absolute Gasteiger partial charge is 0.0789 e. The van der Waals surface area contributed by atoms with Crippen LogP contribution in [0.25, 0.3) is 0 Å². The monoisotopic (exact) mass is 239 g/mol. The van der Waals surface area contributed by atoms with Gasteiger partial charge < -0.3 is 10.1 Å². The quantitative estimate of drug-likeness (QED) is 0.793. The van der Waals surface area contributed by atoms with Gasteiger partial charge in [-0.3, -0.25) is 4.68 Å². The summed E-state index contributed by atoms with van der Waals surface area (Å²) >= 11 is 0. The number of rotatable bonds is 7. The van der Waals surface area contributed by atoms with Gasteiger partial charge in [-0.15, -0.1) is 0 Å². The number of nitrogens with zero attached hydrogens (tertiary/aromatic N) is 2. The number of ether oxygens (including phenoxy) is 1. The number of aromatic nitrogens is 2. The Balaban J connectivity index is 2.84. The predicted molar refractivity (Wildman–Crippen MR) is 70.0 cm³/mol. The van der Waals surface area contributed by atoms with Gasteiger partial charge in [-0.2, -0.15) is 5.10 Å². The second-order valence-electron chi connectivity index (χ2n) is 4.75. The lowest BCUT2D eigenvalue weighted by Gasteiger charge is -2.28. The Kier molecular flexibility index (Phi) is 5.65. The fourth-order valence-electron chi connectivity index (χ4n) is 2.21. The molecule has 1 rings (SSSR count). The predicted octanol–water partition coefficient (Wildman–Crippen LogP) is 2.22. The van der Waals surface area contributed by atoms with Gasteiger partial charge in [0.2, 0.25) is 0 Å². The Morgan fingerprint density at radius 1 is 1.47 bits per heavy atom. The molecule has 2 atom stereocenters. The largest absolute Gasteiger partial charge is 0.379 e. The number of hydrogen-bond acceptors (Lipinski definition) is 3. The van der Waals surface area contributed by atoms with E-state index in [0.717, 1.165) is 13.0 Å². The van der Waals surface area contributed by atoms with Gasteiger partial charge in [-0.25, -0.2) is 0 Å². The summed E-state index contributed by atoms with van der Waals surface area (Å²) < 4.78 is 7.58. The first-order valence-corrected chi connectivity index (χ1v) is 6.36. The summed E-state index contributed by atoms with van der Waals surface area (Å²) in [7, 11) is 3.74. The van der Waals surface area contributed by atoms with Gasteiger partial charge in [0, 0.05) is 25.4 Å². The van der Waals surface area contributed by atoms with E-state index >= 15 is 0 Å². The van der Waals surface area contributed by atoms with Crippen molar-refractivity contribution in [1.29, 1.82) is 0 Å². The maximum Gasteiger partial charge on any atom is 0.0789 e. The SMILES string of the molecule is CCCn1cc(C(NC)C(OC)C(C)C)cn1. The van der Waals surface area contributed by atoms with Crippen LogP contribution in [0.1, 0.15) is 38.8 Å². The zero-order valence-corrected chi connectivity index (χ0v) is 11.6. The van der Waals surface area contributed by atoms with Crippen LogP contribution in [-0.4, -0.2) is 30.0 Å². The van der Waals surface area contributed by atoms with Gasteiger partial charge >= 0.3 is 0 Å². The molecular weight excluding hydrogens is 214 g/mol. The Hall–Kier alpha value is -0.870. The van der Waals surface area contributed by atoms with Crippen LogP contribution >= 0.6 is 0 Å². The fraction of sp³-hybridized carbons (Fsp3) is 0.769. The van der Waals surface area contributed by atoms with Gasteiger partial charge in [-0.1, -0.05) is 20.8 Å². The summed E-state index contributed by atoms with van der Waals surface area (Å²) in [4.78, 5) is 0. The Bertz CT molecular complexity index is 322. The van der Waals surface area contributed by atoms with Crippen LogP contribution in [-0.2, 0) is 11.3 Å². The number of likely N-dealkylation sites (N-methyl/N-ethyl adjacent to an activating group) is 1. The number of methoxy groups -OCH3 is 1. The lowest BCUT2D eigenvalue weighted by Crippen LogP contribution is -2.34. The molecular formula is C13H25N3O. The maximum absolute atomic E-state index is 5.59. The molecule has 0 saturated heterocycles. The molecule has 0 aliphatic rings. The number of nitrogens with one attached hydrogen (secondary N) is 1. The molecule has 0 aromatic carbocycles. The summed E-state index contributed by atoms with van der Waals surface area (Å²) in [6.45, 7) is 7.47. The van der Waals surface area contributed by atoms with E-state index in [1.807, 2.05) is 17.9 Å². The Morgan fingerprint density at radius 3 is 2.65 bits per heavy atom. The molecule has 1 aromatic heterocycles. The van der Waals surface area contributed by atoms with Gasteiger partial charge in [-0.05, 0) is 19.4 Å². The van der Waals surface area contributed by atoms with Crippen LogP contribution in [0.15, 0.2) is 12.4 Å². The van der Waals surface area contributed by atoms with Crippen LogP contribution < -0.4 is 5.32 Å². The van der Waals surface area contributed by atoms with E-state index in [1.165, 1.54) is 5.56 Å². The molecule has 0 spiro atoms. The van der Waals surface area contributed by atoms with Crippen molar-refractivity contribution in [2.45, 2.75) is 45.9 Å². The molecule has 0 aliphatic heterocycles. The van der Waals surface area contributed by atoms with Crippen LogP contribution in [0, 0.1) is 5.92 Å². The van der Waals surface area contributed by atoms with Crippen molar-refractivity contribution in [3.63, 3.8) is 0 Å². The third kappa shape index (κ3) is 3.54. The molecule has 1 heterocycles. The van der Waals surface area contributed by atoms with E-state index in [-0.39, 0.29) is 12.1 Å². The highest BCUT2D eigenvalue weighted by Crippen LogP contribution is 2.23. The molecule has 1 N–H and O–H groups in total. The van der Waals surface area contributed by atoms with Crippen molar-refractivity contribution >= 4 is 0 Å². The highest BCUT2D eigenvalue weighted by molar-refractivity contribution is 5.12. The van der Waals surface area contributed by atoms with Crippen LogP contribution in [0.2, 0.25) is 0 Å². The van der Waals surface area contributed by atoms with E-state index in [9.17, 15) is 0 Å². The molecule has 98 valence electrons. The van der Waals surface area contributed by atoms with Crippen molar-refractivity contribution in [1.82, 2.24) is 15.1 Å². The first-order chi connectivity index (χ1) is 8.13. The highest BCUT2D eigenvalue weighted by atomic mass is 16.5. The lowest BCUT2D eigenvalue weighted by atomic mass is 9.95. The molecule has 4 nitrogen and oxygen atoms in total.